The molecule has 2 rings (SSSR count). The lowest BCUT2D eigenvalue weighted by Crippen LogP contribution is -2.11. The summed E-state index contributed by atoms with van der Waals surface area (Å²) in [6, 6.07) is 18.1. The first-order valence-electron chi connectivity index (χ1n) is 5.71. The number of hydrogen-bond acceptors (Lipinski definition) is 3. The van der Waals surface area contributed by atoms with E-state index < -0.39 is 10.0 Å². The SMILES string of the molecule is CN(C)c1ccccc1.NS(=O)(=O)c1ccccc1. The van der Waals surface area contributed by atoms with Crippen LogP contribution in [0.3, 0.4) is 0 Å². The molecule has 0 fully saturated rings. The van der Waals surface area contributed by atoms with Crippen LogP contribution < -0.4 is 10.0 Å². The van der Waals surface area contributed by atoms with Crippen LogP contribution in [-0.2, 0) is 10.0 Å². The van der Waals surface area contributed by atoms with E-state index in [1.165, 1.54) is 17.8 Å². The van der Waals surface area contributed by atoms with E-state index >= 15 is 0 Å². The van der Waals surface area contributed by atoms with E-state index in [9.17, 15) is 8.42 Å². The molecule has 19 heavy (non-hydrogen) atoms. The summed E-state index contributed by atoms with van der Waals surface area (Å²) in [6.07, 6.45) is 0. The molecule has 102 valence electrons. The molecular formula is C14H18N2O2S. The van der Waals surface area contributed by atoms with Crippen molar-refractivity contribution in [2.24, 2.45) is 5.14 Å². The van der Waals surface area contributed by atoms with Crippen LogP contribution in [0.4, 0.5) is 5.69 Å². The Kier molecular flexibility index (Phi) is 5.54. The molecule has 0 bridgehead atoms. The third-order valence-corrected chi connectivity index (χ3v) is 3.27. The van der Waals surface area contributed by atoms with Crippen molar-refractivity contribution in [3.05, 3.63) is 60.7 Å². The van der Waals surface area contributed by atoms with Gasteiger partial charge in [-0.2, -0.15) is 0 Å². The summed E-state index contributed by atoms with van der Waals surface area (Å²) in [4.78, 5) is 2.23. The quantitative estimate of drug-likeness (QED) is 0.915. The monoisotopic (exact) mass is 278 g/mol. The van der Waals surface area contributed by atoms with Crippen molar-refractivity contribution in [2.45, 2.75) is 4.90 Å². The Morgan fingerprint density at radius 1 is 0.842 bits per heavy atom. The Balaban J connectivity index is 0.000000191. The maximum absolute atomic E-state index is 10.6. The fraction of sp³-hybridized carbons (Fsp3) is 0.143. The first-order chi connectivity index (χ1) is 8.91. The lowest BCUT2D eigenvalue weighted by Gasteiger charge is -2.10. The van der Waals surface area contributed by atoms with Gasteiger partial charge in [0.25, 0.3) is 0 Å². The zero-order valence-electron chi connectivity index (χ0n) is 11.0. The predicted molar refractivity (Wildman–Crippen MR) is 78.6 cm³/mol. The summed E-state index contributed by atoms with van der Waals surface area (Å²) >= 11 is 0. The lowest BCUT2D eigenvalue weighted by molar-refractivity contribution is 0.598. The largest absolute Gasteiger partial charge is 0.378 e. The van der Waals surface area contributed by atoms with Crippen LogP contribution >= 0.6 is 0 Å². The molecule has 2 N–H and O–H groups in total. The van der Waals surface area contributed by atoms with E-state index in [0.29, 0.717) is 0 Å². The molecular weight excluding hydrogens is 260 g/mol. The average molecular weight is 278 g/mol. The number of nitrogens with zero attached hydrogens (tertiary/aromatic N) is 1. The summed E-state index contributed by atoms with van der Waals surface area (Å²) in [5, 5.41) is 4.83. The van der Waals surface area contributed by atoms with Gasteiger partial charge in [0.15, 0.2) is 0 Å². The third-order valence-electron chi connectivity index (χ3n) is 2.34. The lowest BCUT2D eigenvalue weighted by atomic mass is 10.3. The Bertz CT molecular complexity index is 581. The van der Waals surface area contributed by atoms with Gasteiger partial charge in [-0.15, -0.1) is 0 Å². The maximum Gasteiger partial charge on any atom is 0.238 e. The smallest absolute Gasteiger partial charge is 0.238 e. The highest BCUT2D eigenvalue weighted by Gasteiger charge is 2.03. The number of sulfonamides is 1. The topological polar surface area (TPSA) is 63.4 Å². The van der Waals surface area contributed by atoms with E-state index in [0.717, 1.165) is 0 Å². The van der Waals surface area contributed by atoms with Crippen LogP contribution in [0.15, 0.2) is 65.6 Å². The van der Waals surface area contributed by atoms with Crippen LogP contribution in [-0.4, -0.2) is 22.5 Å². The minimum atomic E-state index is -3.50. The maximum atomic E-state index is 10.6. The van der Waals surface area contributed by atoms with Gasteiger partial charge in [-0.3, -0.25) is 0 Å². The van der Waals surface area contributed by atoms with Crippen molar-refractivity contribution in [3.63, 3.8) is 0 Å². The van der Waals surface area contributed by atoms with Gasteiger partial charge >= 0.3 is 0 Å². The normalized spacial score (nSPS) is 10.3. The van der Waals surface area contributed by atoms with E-state index in [4.69, 9.17) is 5.14 Å². The minimum Gasteiger partial charge on any atom is -0.378 e. The Labute approximate surface area is 114 Å². The highest BCUT2D eigenvalue weighted by atomic mass is 32.2. The van der Waals surface area contributed by atoms with E-state index in [-0.39, 0.29) is 4.90 Å². The van der Waals surface area contributed by atoms with Gasteiger partial charge < -0.3 is 4.90 Å². The molecule has 0 aliphatic heterocycles. The molecule has 0 unspecified atom stereocenters. The highest BCUT2D eigenvalue weighted by Crippen LogP contribution is 2.07. The Hall–Kier alpha value is -1.85. The molecule has 0 radical (unpaired) electrons. The standard InChI is InChI=1S/C8H11N.C6H7NO2S/c1-9(2)8-6-4-3-5-7-8;7-10(8,9)6-4-2-1-3-5-6/h3-7H,1-2H3;1-5H,(H2,7,8,9). The van der Waals surface area contributed by atoms with Crippen molar-refractivity contribution in [3.8, 4) is 0 Å². The summed E-state index contributed by atoms with van der Waals surface area (Å²) in [5.74, 6) is 0. The number of hydrogen-bond donors (Lipinski definition) is 1. The van der Waals surface area contributed by atoms with Crippen LogP contribution in [0, 0.1) is 0 Å². The van der Waals surface area contributed by atoms with Gasteiger partial charge in [0.1, 0.15) is 0 Å². The van der Waals surface area contributed by atoms with Crippen molar-refractivity contribution < 1.29 is 8.42 Å². The first-order valence-corrected chi connectivity index (χ1v) is 7.26. The second-order valence-electron chi connectivity index (χ2n) is 4.09. The second kappa shape index (κ2) is 6.92. The Morgan fingerprint density at radius 3 is 1.53 bits per heavy atom. The molecule has 4 nitrogen and oxygen atoms in total. The summed E-state index contributed by atoms with van der Waals surface area (Å²) < 4.78 is 21.2. The Morgan fingerprint density at radius 2 is 1.26 bits per heavy atom. The molecule has 5 heteroatoms. The number of para-hydroxylation sites is 1. The molecule has 2 aromatic rings. The summed E-state index contributed by atoms with van der Waals surface area (Å²) in [7, 11) is 0.571. The molecule has 0 amide bonds. The highest BCUT2D eigenvalue weighted by molar-refractivity contribution is 7.89. The van der Waals surface area contributed by atoms with Gasteiger partial charge in [-0.05, 0) is 24.3 Å². The predicted octanol–water partition coefficient (Wildman–Crippen LogP) is 2.09. The molecule has 0 heterocycles. The number of rotatable bonds is 2. The van der Waals surface area contributed by atoms with Gasteiger partial charge in [-0.1, -0.05) is 36.4 Å². The molecule has 0 aliphatic rings. The van der Waals surface area contributed by atoms with E-state index in [1.807, 2.05) is 32.3 Å². The number of anilines is 1. The molecule has 0 saturated carbocycles. The molecule has 0 saturated heterocycles. The van der Waals surface area contributed by atoms with Gasteiger partial charge in [0.2, 0.25) is 10.0 Å². The second-order valence-corrected chi connectivity index (χ2v) is 5.65. The third kappa shape index (κ3) is 5.54. The van der Waals surface area contributed by atoms with E-state index in [2.05, 4.69) is 17.0 Å². The van der Waals surface area contributed by atoms with Crippen LogP contribution in [0.2, 0.25) is 0 Å². The van der Waals surface area contributed by atoms with Crippen molar-refractivity contribution in [1.29, 1.82) is 0 Å². The molecule has 0 aliphatic carbocycles. The molecule has 0 spiro atoms. The van der Waals surface area contributed by atoms with Crippen LogP contribution in [0.1, 0.15) is 0 Å². The van der Waals surface area contributed by atoms with Crippen molar-refractivity contribution in [2.75, 3.05) is 19.0 Å². The fourth-order valence-corrected chi connectivity index (χ4v) is 1.87. The summed E-state index contributed by atoms with van der Waals surface area (Å²) in [5.41, 5.74) is 1.25. The van der Waals surface area contributed by atoms with Crippen molar-refractivity contribution in [1.82, 2.24) is 0 Å². The van der Waals surface area contributed by atoms with Gasteiger partial charge in [0.05, 0.1) is 4.90 Å². The van der Waals surface area contributed by atoms with Crippen molar-refractivity contribution >= 4 is 15.7 Å². The van der Waals surface area contributed by atoms with Crippen LogP contribution in [0.25, 0.3) is 0 Å². The number of benzene rings is 2. The van der Waals surface area contributed by atoms with Gasteiger partial charge in [0, 0.05) is 19.8 Å². The molecule has 0 atom stereocenters. The zero-order valence-corrected chi connectivity index (χ0v) is 11.8. The van der Waals surface area contributed by atoms with E-state index in [1.54, 1.807) is 18.2 Å². The minimum absolute atomic E-state index is 0.148. The summed E-state index contributed by atoms with van der Waals surface area (Å²) in [6.45, 7) is 0. The molecule has 2 aromatic carbocycles. The van der Waals surface area contributed by atoms with Gasteiger partial charge in [-0.25, -0.2) is 13.6 Å². The molecule has 0 aromatic heterocycles. The average Bonchev–Trinajstić information content (AvgIpc) is 2.40. The van der Waals surface area contributed by atoms with Crippen LogP contribution in [0.5, 0.6) is 0 Å². The number of primary sulfonamides is 1. The fourth-order valence-electron chi connectivity index (χ4n) is 1.34. The number of nitrogens with two attached hydrogens (primary N) is 1. The first kappa shape index (κ1) is 15.2. The zero-order chi connectivity index (χ0) is 14.3.